The maximum atomic E-state index is 12.1. The van der Waals surface area contributed by atoms with Crippen LogP contribution >= 0.6 is 11.6 Å². The molecule has 1 atom stereocenters. The summed E-state index contributed by atoms with van der Waals surface area (Å²) in [5.41, 5.74) is 2.91. The van der Waals surface area contributed by atoms with Gasteiger partial charge in [0.2, 0.25) is 0 Å². The van der Waals surface area contributed by atoms with Gasteiger partial charge in [-0.25, -0.2) is 9.48 Å². The van der Waals surface area contributed by atoms with Crippen LogP contribution in [-0.4, -0.2) is 15.8 Å². The minimum Gasteiger partial charge on any atom is -0.334 e. The molecule has 0 saturated carbocycles. The number of halogens is 1. The highest BCUT2D eigenvalue weighted by atomic mass is 35.5. The number of carbonyl (C=O) groups excluding carboxylic acids is 1. The van der Waals surface area contributed by atoms with E-state index in [1.54, 1.807) is 10.9 Å². The second-order valence-electron chi connectivity index (χ2n) is 5.73. The minimum absolute atomic E-state index is 0.107. The van der Waals surface area contributed by atoms with Crippen LogP contribution in [0.15, 0.2) is 67.0 Å². The summed E-state index contributed by atoms with van der Waals surface area (Å²) in [6.45, 7) is 2.34. The fourth-order valence-corrected chi connectivity index (χ4v) is 2.56. The number of carbonyl (C=O) groups is 1. The average molecular weight is 355 g/mol. The van der Waals surface area contributed by atoms with E-state index in [2.05, 4.69) is 15.7 Å². The zero-order chi connectivity index (χ0) is 17.6. The summed E-state index contributed by atoms with van der Waals surface area (Å²) in [6, 6.07) is 16.9. The van der Waals surface area contributed by atoms with Crippen LogP contribution in [0.5, 0.6) is 0 Å². The number of rotatable bonds is 5. The molecule has 2 amide bonds. The van der Waals surface area contributed by atoms with Crippen LogP contribution in [-0.2, 0) is 6.54 Å². The average Bonchev–Trinajstić information content (AvgIpc) is 3.10. The third-order valence-corrected chi connectivity index (χ3v) is 4.08. The van der Waals surface area contributed by atoms with Gasteiger partial charge in [0.15, 0.2) is 0 Å². The minimum atomic E-state index is -0.227. The van der Waals surface area contributed by atoms with Gasteiger partial charge in [0, 0.05) is 23.3 Å². The van der Waals surface area contributed by atoms with Crippen LogP contribution < -0.4 is 10.6 Å². The number of aromatic nitrogens is 2. The Hall–Kier alpha value is -2.79. The molecule has 25 heavy (non-hydrogen) atoms. The van der Waals surface area contributed by atoms with E-state index in [1.165, 1.54) is 0 Å². The number of urea groups is 1. The predicted octanol–water partition coefficient (Wildman–Crippen LogP) is 4.09. The molecule has 1 unspecified atom stereocenters. The summed E-state index contributed by atoms with van der Waals surface area (Å²) < 4.78 is 1.78. The lowest BCUT2D eigenvalue weighted by atomic mass is 10.1. The molecule has 0 aliphatic carbocycles. The summed E-state index contributed by atoms with van der Waals surface area (Å²) in [7, 11) is 0. The topological polar surface area (TPSA) is 59.0 Å². The highest BCUT2D eigenvalue weighted by Crippen LogP contribution is 2.15. The molecule has 0 spiro atoms. The Kier molecular flexibility index (Phi) is 5.36. The molecule has 3 aromatic rings. The summed E-state index contributed by atoms with van der Waals surface area (Å²) >= 11 is 5.88. The molecule has 0 radical (unpaired) electrons. The van der Waals surface area contributed by atoms with Crippen molar-refractivity contribution in [2.75, 3.05) is 0 Å². The number of benzene rings is 2. The van der Waals surface area contributed by atoms with Gasteiger partial charge in [-0.05, 0) is 36.8 Å². The number of hydrogen-bond acceptors (Lipinski definition) is 2. The molecule has 1 aromatic heterocycles. The van der Waals surface area contributed by atoms with Crippen LogP contribution in [0.1, 0.15) is 24.1 Å². The molecular weight excluding hydrogens is 336 g/mol. The molecule has 5 nitrogen and oxygen atoms in total. The van der Waals surface area contributed by atoms with E-state index < -0.39 is 0 Å². The number of nitrogens with zero attached hydrogens (tertiary/aromatic N) is 2. The first-order chi connectivity index (χ1) is 12.1. The van der Waals surface area contributed by atoms with Gasteiger partial charge < -0.3 is 10.6 Å². The molecule has 2 N–H and O–H groups in total. The molecule has 128 valence electrons. The second-order valence-corrected chi connectivity index (χ2v) is 6.17. The first-order valence-corrected chi connectivity index (χ1v) is 8.38. The first kappa shape index (κ1) is 17.0. The Bertz CT molecular complexity index is 830. The summed E-state index contributed by atoms with van der Waals surface area (Å²) in [5.74, 6) is 0. The lowest BCUT2D eigenvalue weighted by Gasteiger charge is -2.15. The van der Waals surface area contributed by atoms with E-state index in [0.29, 0.717) is 11.6 Å². The van der Waals surface area contributed by atoms with Gasteiger partial charge in [0.1, 0.15) is 0 Å². The maximum absolute atomic E-state index is 12.1. The number of hydrogen-bond donors (Lipinski definition) is 2. The lowest BCUT2D eigenvalue weighted by Crippen LogP contribution is -2.36. The molecule has 0 aliphatic heterocycles. The molecule has 2 aromatic carbocycles. The largest absolute Gasteiger partial charge is 0.334 e. The third-order valence-electron chi connectivity index (χ3n) is 3.83. The van der Waals surface area contributed by atoms with Crippen molar-refractivity contribution >= 4 is 17.6 Å². The first-order valence-electron chi connectivity index (χ1n) is 8.00. The monoisotopic (exact) mass is 354 g/mol. The Morgan fingerprint density at radius 1 is 1.16 bits per heavy atom. The molecule has 3 rings (SSSR count). The van der Waals surface area contributed by atoms with Crippen molar-refractivity contribution in [2.45, 2.75) is 19.5 Å². The smallest absolute Gasteiger partial charge is 0.315 e. The van der Waals surface area contributed by atoms with Crippen molar-refractivity contribution in [3.8, 4) is 5.69 Å². The zero-order valence-electron chi connectivity index (χ0n) is 13.8. The SMILES string of the molecule is CC(NC(=O)NCc1cnn(-c2ccccc2)c1)c1ccc(Cl)cc1. The van der Waals surface area contributed by atoms with Gasteiger partial charge in [0.05, 0.1) is 17.9 Å². The fraction of sp³-hybridized carbons (Fsp3) is 0.158. The van der Waals surface area contributed by atoms with Crippen molar-refractivity contribution in [2.24, 2.45) is 0 Å². The van der Waals surface area contributed by atoms with Crippen molar-refractivity contribution < 1.29 is 4.79 Å². The lowest BCUT2D eigenvalue weighted by molar-refractivity contribution is 0.237. The highest BCUT2D eigenvalue weighted by Gasteiger charge is 2.09. The highest BCUT2D eigenvalue weighted by molar-refractivity contribution is 6.30. The van der Waals surface area contributed by atoms with E-state index in [1.807, 2.05) is 67.7 Å². The van der Waals surface area contributed by atoms with Crippen molar-refractivity contribution in [3.63, 3.8) is 0 Å². The van der Waals surface area contributed by atoms with Crippen molar-refractivity contribution in [1.82, 2.24) is 20.4 Å². The van der Waals surface area contributed by atoms with E-state index in [0.717, 1.165) is 16.8 Å². The van der Waals surface area contributed by atoms with E-state index in [9.17, 15) is 4.79 Å². The summed E-state index contributed by atoms with van der Waals surface area (Å²) in [5, 5.41) is 10.7. The van der Waals surface area contributed by atoms with Crippen LogP contribution in [0.4, 0.5) is 4.79 Å². The predicted molar refractivity (Wildman–Crippen MR) is 98.8 cm³/mol. The van der Waals surface area contributed by atoms with Gasteiger partial charge in [-0.3, -0.25) is 0 Å². The molecule has 1 heterocycles. The van der Waals surface area contributed by atoms with Crippen LogP contribution in [0.3, 0.4) is 0 Å². The van der Waals surface area contributed by atoms with Gasteiger partial charge in [0.25, 0.3) is 0 Å². The Morgan fingerprint density at radius 3 is 2.60 bits per heavy atom. The maximum Gasteiger partial charge on any atom is 0.315 e. The van der Waals surface area contributed by atoms with Crippen molar-refractivity contribution in [3.05, 3.63) is 83.1 Å². The van der Waals surface area contributed by atoms with E-state index in [4.69, 9.17) is 11.6 Å². The number of nitrogens with one attached hydrogen (secondary N) is 2. The molecule has 0 bridgehead atoms. The zero-order valence-corrected chi connectivity index (χ0v) is 14.6. The second kappa shape index (κ2) is 7.85. The normalized spacial score (nSPS) is 11.8. The van der Waals surface area contributed by atoms with Gasteiger partial charge in [-0.1, -0.05) is 41.9 Å². The van der Waals surface area contributed by atoms with Gasteiger partial charge in [-0.2, -0.15) is 5.10 Å². The van der Waals surface area contributed by atoms with Crippen LogP contribution in [0, 0.1) is 0 Å². The number of para-hydroxylation sites is 1. The third kappa shape index (κ3) is 4.61. The Balaban J connectivity index is 1.52. The Labute approximate surface area is 151 Å². The van der Waals surface area contributed by atoms with Gasteiger partial charge >= 0.3 is 6.03 Å². The quantitative estimate of drug-likeness (QED) is 0.725. The molecule has 0 fully saturated rings. The van der Waals surface area contributed by atoms with Crippen LogP contribution in [0.2, 0.25) is 5.02 Å². The van der Waals surface area contributed by atoms with Crippen LogP contribution in [0.25, 0.3) is 5.69 Å². The number of amides is 2. The molecule has 6 heteroatoms. The van der Waals surface area contributed by atoms with Crippen molar-refractivity contribution in [1.29, 1.82) is 0 Å². The van der Waals surface area contributed by atoms with E-state index in [-0.39, 0.29) is 12.1 Å². The summed E-state index contributed by atoms with van der Waals surface area (Å²) in [6.07, 6.45) is 3.65. The summed E-state index contributed by atoms with van der Waals surface area (Å²) in [4.78, 5) is 12.1. The van der Waals surface area contributed by atoms with Gasteiger partial charge in [-0.15, -0.1) is 0 Å². The molecular formula is C19H19ClN4O. The molecule has 0 aliphatic rings. The molecule has 0 saturated heterocycles. The van der Waals surface area contributed by atoms with E-state index >= 15 is 0 Å². The Morgan fingerprint density at radius 2 is 1.88 bits per heavy atom. The standard InChI is InChI=1S/C19H19ClN4O/c1-14(16-7-9-17(20)10-8-16)23-19(25)21-11-15-12-22-24(13-15)18-5-3-2-4-6-18/h2-10,12-14H,11H2,1H3,(H2,21,23,25). The fourth-order valence-electron chi connectivity index (χ4n) is 2.44.